The van der Waals surface area contributed by atoms with Crippen LogP contribution in [0.3, 0.4) is 0 Å². The van der Waals surface area contributed by atoms with Crippen molar-refractivity contribution in [3.05, 3.63) is 0 Å². The predicted octanol–water partition coefficient (Wildman–Crippen LogP) is 3.99. The number of hydrogen-bond acceptors (Lipinski definition) is 1. The number of hydrogen-bond donors (Lipinski definition) is 1. The maximum absolute atomic E-state index is 10.2. The molecule has 1 N–H and O–H groups in total. The van der Waals surface area contributed by atoms with E-state index in [0.717, 1.165) is 12.8 Å². The smallest absolute Gasteiger partial charge is 0.303 e. The Kier molecular flexibility index (Phi) is 16.4. The fourth-order valence-electron chi connectivity index (χ4n) is 1.59. The van der Waals surface area contributed by atoms with Gasteiger partial charge in [0.25, 0.3) is 0 Å². The van der Waals surface area contributed by atoms with Crippen molar-refractivity contribution in [1.29, 1.82) is 0 Å². The summed E-state index contributed by atoms with van der Waals surface area (Å²) >= 11 is 0. The van der Waals surface area contributed by atoms with Gasteiger partial charge in [-0.1, -0.05) is 58.3 Å². The van der Waals surface area contributed by atoms with Crippen LogP contribution in [0.25, 0.3) is 0 Å². The Hall–Kier alpha value is 0.0934. The molecule has 0 aliphatic rings. The molecule has 0 aliphatic carbocycles. The molecule has 0 bridgehead atoms. The third-order valence-corrected chi connectivity index (χ3v) is 2.49. The van der Waals surface area contributed by atoms with Crippen molar-refractivity contribution in [1.82, 2.24) is 0 Å². The van der Waals surface area contributed by atoms with Crippen LogP contribution in [0.5, 0.6) is 0 Å². The first-order chi connectivity index (χ1) is 6.77. The minimum absolute atomic E-state index is 0. The quantitative estimate of drug-likeness (QED) is 0.489. The Bertz CT molecular complexity index is 138. The number of aliphatic carboxylic acids is 1. The molecule has 92 valence electrons. The summed E-state index contributed by atoms with van der Waals surface area (Å²) < 4.78 is 0. The molecule has 0 saturated carbocycles. The van der Waals surface area contributed by atoms with E-state index < -0.39 is 5.97 Å². The summed E-state index contributed by atoms with van der Waals surface area (Å²) in [5, 5.41) is 8.41. The summed E-state index contributed by atoms with van der Waals surface area (Å²) in [7, 11) is 0. The van der Waals surface area contributed by atoms with E-state index in [1.165, 1.54) is 44.9 Å². The van der Waals surface area contributed by atoms with Gasteiger partial charge in [0.1, 0.15) is 0 Å². The number of rotatable bonds is 10. The molecule has 15 heavy (non-hydrogen) atoms. The Morgan fingerprint density at radius 2 is 1.27 bits per heavy atom. The molecule has 0 spiro atoms. The van der Waals surface area contributed by atoms with Crippen molar-refractivity contribution in [2.24, 2.45) is 0 Å². The van der Waals surface area contributed by atoms with Crippen LogP contribution in [0, 0.1) is 0 Å². The van der Waals surface area contributed by atoms with Gasteiger partial charge >= 0.3 is 5.97 Å². The van der Waals surface area contributed by atoms with Gasteiger partial charge in [-0.3, -0.25) is 4.79 Å². The van der Waals surface area contributed by atoms with E-state index in [2.05, 4.69) is 6.92 Å². The molecular formula is C12H24O2Ru. The third kappa shape index (κ3) is 16.7. The first-order valence-corrected chi connectivity index (χ1v) is 5.99. The van der Waals surface area contributed by atoms with Crippen molar-refractivity contribution in [2.75, 3.05) is 0 Å². The van der Waals surface area contributed by atoms with Crippen LogP contribution >= 0.6 is 0 Å². The van der Waals surface area contributed by atoms with Crippen molar-refractivity contribution < 1.29 is 29.4 Å². The van der Waals surface area contributed by atoms with E-state index in [1.54, 1.807) is 0 Å². The first-order valence-electron chi connectivity index (χ1n) is 5.99. The van der Waals surface area contributed by atoms with E-state index in [1.807, 2.05) is 0 Å². The van der Waals surface area contributed by atoms with Crippen LogP contribution in [0.15, 0.2) is 0 Å². The van der Waals surface area contributed by atoms with Gasteiger partial charge in [0.2, 0.25) is 0 Å². The minimum atomic E-state index is -0.659. The normalized spacial score (nSPS) is 9.67. The Labute approximate surface area is 107 Å². The van der Waals surface area contributed by atoms with Crippen LogP contribution in [0.1, 0.15) is 71.1 Å². The average molecular weight is 301 g/mol. The molecule has 0 radical (unpaired) electrons. The average Bonchev–Trinajstić information content (AvgIpc) is 2.15. The van der Waals surface area contributed by atoms with E-state index >= 15 is 0 Å². The van der Waals surface area contributed by atoms with Crippen molar-refractivity contribution in [3.63, 3.8) is 0 Å². The number of carboxylic acid groups (broad SMARTS) is 1. The van der Waals surface area contributed by atoms with Gasteiger partial charge in [-0.25, -0.2) is 0 Å². The molecule has 0 heterocycles. The fourth-order valence-corrected chi connectivity index (χ4v) is 1.59. The molecule has 0 aromatic heterocycles. The molecule has 0 aromatic rings. The standard InChI is InChI=1S/C12H24O2.Ru/c1-2-3-4-5-6-7-8-9-10-11-12(13)14;/h2-11H2,1H3,(H,13,14);. The molecule has 0 rings (SSSR count). The summed E-state index contributed by atoms with van der Waals surface area (Å²) in [6, 6.07) is 0. The maximum Gasteiger partial charge on any atom is 0.303 e. The molecule has 0 amide bonds. The molecule has 0 aromatic carbocycles. The fraction of sp³-hybridized carbons (Fsp3) is 0.917. The zero-order chi connectivity index (χ0) is 10.6. The second-order valence-corrected chi connectivity index (χ2v) is 3.97. The van der Waals surface area contributed by atoms with Crippen molar-refractivity contribution >= 4 is 5.97 Å². The van der Waals surface area contributed by atoms with Crippen LogP contribution in [-0.4, -0.2) is 11.1 Å². The summed E-state index contributed by atoms with van der Waals surface area (Å²) in [5.74, 6) is -0.659. The van der Waals surface area contributed by atoms with Crippen molar-refractivity contribution in [3.8, 4) is 0 Å². The zero-order valence-corrected chi connectivity index (χ0v) is 11.5. The van der Waals surface area contributed by atoms with Gasteiger partial charge in [-0.2, -0.15) is 0 Å². The SMILES string of the molecule is CCCCCCCCCCCC(=O)O.[Ru]. The zero-order valence-electron chi connectivity index (χ0n) is 9.78. The van der Waals surface area contributed by atoms with Gasteiger partial charge in [0, 0.05) is 25.9 Å². The van der Waals surface area contributed by atoms with Crippen molar-refractivity contribution in [2.45, 2.75) is 71.1 Å². The Morgan fingerprint density at radius 3 is 1.67 bits per heavy atom. The molecule has 2 nitrogen and oxygen atoms in total. The molecular weight excluding hydrogens is 277 g/mol. The Balaban J connectivity index is 0. The molecule has 0 atom stereocenters. The summed E-state index contributed by atoms with van der Waals surface area (Å²) in [6.45, 7) is 2.23. The number of carboxylic acids is 1. The molecule has 0 fully saturated rings. The molecule has 0 aliphatic heterocycles. The van der Waals surface area contributed by atoms with Crippen LogP contribution in [-0.2, 0) is 24.3 Å². The van der Waals surface area contributed by atoms with Crippen LogP contribution < -0.4 is 0 Å². The largest absolute Gasteiger partial charge is 0.481 e. The first kappa shape index (κ1) is 17.5. The topological polar surface area (TPSA) is 37.3 Å². The predicted molar refractivity (Wildman–Crippen MR) is 59.5 cm³/mol. The molecule has 0 unspecified atom stereocenters. The number of carbonyl (C=O) groups is 1. The van der Waals surface area contributed by atoms with Crippen LogP contribution in [0.4, 0.5) is 0 Å². The van der Waals surface area contributed by atoms with E-state index in [4.69, 9.17) is 5.11 Å². The van der Waals surface area contributed by atoms with E-state index in [-0.39, 0.29) is 19.5 Å². The Morgan fingerprint density at radius 1 is 0.867 bits per heavy atom. The minimum Gasteiger partial charge on any atom is -0.481 e. The van der Waals surface area contributed by atoms with Gasteiger partial charge in [0.15, 0.2) is 0 Å². The molecule has 0 saturated heterocycles. The summed E-state index contributed by atoms with van der Waals surface area (Å²) in [6.07, 6.45) is 11.5. The van der Waals surface area contributed by atoms with Gasteiger partial charge < -0.3 is 5.11 Å². The van der Waals surface area contributed by atoms with Gasteiger partial charge in [-0.05, 0) is 6.42 Å². The second kappa shape index (κ2) is 14.1. The van der Waals surface area contributed by atoms with E-state index in [0.29, 0.717) is 6.42 Å². The van der Waals surface area contributed by atoms with Gasteiger partial charge in [0.05, 0.1) is 0 Å². The monoisotopic (exact) mass is 302 g/mol. The third-order valence-electron chi connectivity index (χ3n) is 2.49. The van der Waals surface area contributed by atoms with E-state index in [9.17, 15) is 4.79 Å². The second-order valence-electron chi connectivity index (χ2n) is 3.97. The number of unbranched alkanes of at least 4 members (excludes halogenated alkanes) is 8. The summed E-state index contributed by atoms with van der Waals surface area (Å²) in [5.41, 5.74) is 0. The van der Waals surface area contributed by atoms with Crippen LogP contribution in [0.2, 0.25) is 0 Å². The van der Waals surface area contributed by atoms with Gasteiger partial charge in [-0.15, -0.1) is 0 Å². The summed E-state index contributed by atoms with van der Waals surface area (Å²) in [4.78, 5) is 10.2. The maximum atomic E-state index is 10.2. The molecule has 3 heteroatoms.